The first-order valence-electron chi connectivity index (χ1n) is 9.36. The Morgan fingerprint density at radius 1 is 1.15 bits per heavy atom. The van der Waals surface area contributed by atoms with E-state index >= 15 is 0 Å². The number of benzene rings is 1. The van der Waals surface area contributed by atoms with E-state index < -0.39 is 0 Å². The summed E-state index contributed by atoms with van der Waals surface area (Å²) in [6.07, 6.45) is 6.21. The second kappa shape index (κ2) is 7.80. The number of piperidine rings is 1. The lowest BCUT2D eigenvalue weighted by Gasteiger charge is -2.30. The van der Waals surface area contributed by atoms with Gasteiger partial charge in [-0.25, -0.2) is 4.68 Å². The molecule has 2 heterocycles. The van der Waals surface area contributed by atoms with E-state index in [1.54, 1.807) is 0 Å². The monoisotopic (exact) mass is 374 g/mol. The molecule has 0 bridgehead atoms. The van der Waals surface area contributed by atoms with Gasteiger partial charge < -0.3 is 10.6 Å². The molecule has 2 N–H and O–H groups in total. The molecule has 1 amide bonds. The topological polar surface area (TPSA) is 64.2 Å². The fourth-order valence-electron chi connectivity index (χ4n) is 4.01. The summed E-state index contributed by atoms with van der Waals surface area (Å²) in [5, 5.41) is 4.78. The Hall–Kier alpha value is -1.85. The van der Waals surface area contributed by atoms with Crippen molar-refractivity contribution in [3.05, 3.63) is 46.8 Å². The maximum atomic E-state index is 13.1. The zero-order valence-corrected chi connectivity index (χ0v) is 16.1. The Labute approximate surface area is 161 Å². The van der Waals surface area contributed by atoms with Crippen LogP contribution in [0.3, 0.4) is 0 Å². The van der Waals surface area contributed by atoms with E-state index in [0.29, 0.717) is 12.2 Å². The van der Waals surface area contributed by atoms with Crippen LogP contribution in [-0.4, -0.2) is 39.7 Å². The average Bonchev–Trinajstić information content (AvgIpc) is 3.01. The molecule has 1 aliphatic carbocycles. The zero-order chi connectivity index (χ0) is 17.4. The second-order valence-electron chi connectivity index (χ2n) is 7.38. The molecule has 6 heteroatoms. The van der Waals surface area contributed by atoms with Gasteiger partial charge in [-0.3, -0.25) is 4.79 Å². The molecule has 2 aliphatic rings. The Morgan fingerprint density at radius 3 is 2.62 bits per heavy atom. The number of likely N-dealkylation sites (tertiary alicyclic amines) is 1. The average molecular weight is 375 g/mol. The molecule has 140 valence electrons. The Balaban J connectivity index is 0.00000196. The third-order valence-corrected chi connectivity index (χ3v) is 5.41. The van der Waals surface area contributed by atoms with Crippen molar-refractivity contribution in [1.82, 2.24) is 14.7 Å². The van der Waals surface area contributed by atoms with Crippen molar-refractivity contribution in [1.29, 1.82) is 0 Å². The zero-order valence-electron chi connectivity index (χ0n) is 15.3. The summed E-state index contributed by atoms with van der Waals surface area (Å²) in [5.74, 6) is 0.0548. The molecule has 1 aliphatic heterocycles. The van der Waals surface area contributed by atoms with Crippen LogP contribution >= 0.6 is 12.4 Å². The van der Waals surface area contributed by atoms with E-state index in [0.717, 1.165) is 56.3 Å². The molecule has 0 spiro atoms. The molecular formula is C20H27ClN4O. The molecule has 2 aromatic rings. The number of rotatable bonds is 2. The molecule has 1 aromatic carbocycles. The lowest BCUT2D eigenvalue weighted by atomic mass is 9.95. The Bertz CT molecular complexity index is 784. The maximum absolute atomic E-state index is 13.1. The fraction of sp³-hybridized carbons (Fsp3) is 0.500. The van der Waals surface area contributed by atoms with Gasteiger partial charge in [-0.05, 0) is 57.6 Å². The molecular weight excluding hydrogens is 348 g/mol. The molecule has 1 saturated heterocycles. The van der Waals surface area contributed by atoms with Crippen LogP contribution in [0.2, 0.25) is 0 Å². The standard InChI is InChI=1S/C20H26N4O.ClH/c1-14-8-10-16(11-9-14)24-18-7-3-2-6-17(18)19(22-24)20(25)23-12-4-5-15(21)13-23;/h8-11,15H,2-7,12-13,21H2,1H3;1H. The first-order chi connectivity index (χ1) is 12.1. The molecule has 0 radical (unpaired) electrons. The highest BCUT2D eigenvalue weighted by Gasteiger charge is 2.30. The number of carbonyl (C=O) groups excluding carboxylic acids is 1. The molecule has 1 unspecified atom stereocenters. The SMILES string of the molecule is Cc1ccc(-n2nc(C(=O)N3CCCC(N)C3)c3c2CCCC3)cc1.Cl. The highest BCUT2D eigenvalue weighted by atomic mass is 35.5. The number of aryl methyl sites for hydroxylation is 1. The van der Waals surface area contributed by atoms with Crippen LogP contribution in [0.25, 0.3) is 5.69 Å². The van der Waals surface area contributed by atoms with E-state index in [-0.39, 0.29) is 24.4 Å². The van der Waals surface area contributed by atoms with Crippen LogP contribution in [0.4, 0.5) is 0 Å². The minimum absolute atomic E-state index is 0. The van der Waals surface area contributed by atoms with Gasteiger partial charge in [0.25, 0.3) is 5.91 Å². The van der Waals surface area contributed by atoms with Gasteiger partial charge >= 0.3 is 0 Å². The number of carbonyl (C=O) groups is 1. The molecule has 5 nitrogen and oxygen atoms in total. The smallest absolute Gasteiger partial charge is 0.274 e. The molecule has 4 rings (SSSR count). The lowest BCUT2D eigenvalue weighted by Crippen LogP contribution is -2.46. The van der Waals surface area contributed by atoms with Crippen molar-refractivity contribution in [3.63, 3.8) is 0 Å². The second-order valence-corrected chi connectivity index (χ2v) is 7.38. The number of hydrogen-bond acceptors (Lipinski definition) is 3. The van der Waals surface area contributed by atoms with Crippen LogP contribution in [0.15, 0.2) is 24.3 Å². The largest absolute Gasteiger partial charge is 0.336 e. The number of amides is 1. The summed E-state index contributed by atoms with van der Waals surface area (Å²) >= 11 is 0. The first-order valence-corrected chi connectivity index (χ1v) is 9.36. The van der Waals surface area contributed by atoms with Crippen LogP contribution in [0.5, 0.6) is 0 Å². The third kappa shape index (κ3) is 3.51. The van der Waals surface area contributed by atoms with Gasteiger partial charge in [0.05, 0.1) is 5.69 Å². The summed E-state index contributed by atoms with van der Waals surface area (Å²) in [4.78, 5) is 15.0. The number of nitrogens with two attached hydrogens (primary N) is 1. The summed E-state index contributed by atoms with van der Waals surface area (Å²) < 4.78 is 1.99. The number of halogens is 1. The summed E-state index contributed by atoms with van der Waals surface area (Å²) in [5.41, 5.74) is 11.3. The van der Waals surface area contributed by atoms with Crippen molar-refractivity contribution in [3.8, 4) is 5.69 Å². The van der Waals surface area contributed by atoms with Crippen LogP contribution in [0.1, 0.15) is 53.0 Å². The molecule has 1 fully saturated rings. The van der Waals surface area contributed by atoms with Crippen molar-refractivity contribution in [2.24, 2.45) is 5.73 Å². The van der Waals surface area contributed by atoms with Gasteiger partial charge in [0.2, 0.25) is 0 Å². The highest BCUT2D eigenvalue weighted by Crippen LogP contribution is 2.28. The Kier molecular flexibility index (Phi) is 5.68. The molecule has 1 atom stereocenters. The van der Waals surface area contributed by atoms with Crippen molar-refractivity contribution in [2.45, 2.75) is 51.5 Å². The third-order valence-electron chi connectivity index (χ3n) is 5.41. The van der Waals surface area contributed by atoms with Crippen molar-refractivity contribution >= 4 is 18.3 Å². The van der Waals surface area contributed by atoms with E-state index in [9.17, 15) is 4.79 Å². The number of fused-ring (bicyclic) bond motifs is 1. The van der Waals surface area contributed by atoms with Crippen molar-refractivity contribution in [2.75, 3.05) is 13.1 Å². The van der Waals surface area contributed by atoms with Crippen LogP contribution < -0.4 is 5.73 Å². The summed E-state index contributed by atoms with van der Waals surface area (Å²) in [7, 11) is 0. The molecule has 26 heavy (non-hydrogen) atoms. The van der Waals surface area contributed by atoms with Crippen LogP contribution in [-0.2, 0) is 12.8 Å². The van der Waals surface area contributed by atoms with E-state index in [1.807, 2.05) is 9.58 Å². The summed E-state index contributed by atoms with van der Waals surface area (Å²) in [6, 6.07) is 8.45. The molecule has 0 saturated carbocycles. The number of hydrogen-bond donors (Lipinski definition) is 1. The van der Waals surface area contributed by atoms with E-state index in [1.165, 1.54) is 11.3 Å². The van der Waals surface area contributed by atoms with Gasteiger partial charge in [0.1, 0.15) is 0 Å². The van der Waals surface area contributed by atoms with Gasteiger partial charge in [0, 0.05) is 30.4 Å². The minimum Gasteiger partial charge on any atom is -0.336 e. The minimum atomic E-state index is 0. The predicted octanol–water partition coefficient (Wildman–Crippen LogP) is 3.04. The number of aromatic nitrogens is 2. The van der Waals surface area contributed by atoms with Gasteiger partial charge in [-0.1, -0.05) is 17.7 Å². The van der Waals surface area contributed by atoms with Gasteiger partial charge in [-0.2, -0.15) is 5.10 Å². The van der Waals surface area contributed by atoms with Crippen LogP contribution in [0, 0.1) is 6.92 Å². The molecule has 1 aromatic heterocycles. The fourth-order valence-corrected chi connectivity index (χ4v) is 4.01. The quantitative estimate of drug-likeness (QED) is 0.878. The van der Waals surface area contributed by atoms with E-state index in [2.05, 4.69) is 31.2 Å². The van der Waals surface area contributed by atoms with E-state index in [4.69, 9.17) is 10.8 Å². The lowest BCUT2D eigenvalue weighted by molar-refractivity contribution is 0.0701. The normalized spacial score (nSPS) is 19.6. The predicted molar refractivity (Wildman–Crippen MR) is 105 cm³/mol. The van der Waals surface area contributed by atoms with Gasteiger partial charge in [0.15, 0.2) is 5.69 Å². The number of nitrogens with zero attached hydrogens (tertiary/aromatic N) is 3. The first kappa shape index (κ1) is 18.9. The highest BCUT2D eigenvalue weighted by molar-refractivity contribution is 5.94. The van der Waals surface area contributed by atoms with Crippen molar-refractivity contribution < 1.29 is 4.79 Å². The maximum Gasteiger partial charge on any atom is 0.274 e. The van der Waals surface area contributed by atoms with Gasteiger partial charge in [-0.15, -0.1) is 12.4 Å². The summed E-state index contributed by atoms with van der Waals surface area (Å²) in [6.45, 7) is 3.51. The Morgan fingerprint density at radius 2 is 1.88 bits per heavy atom.